The average Bonchev–Trinajstić information content (AvgIpc) is 3.35. The van der Waals surface area contributed by atoms with Gasteiger partial charge in [-0.1, -0.05) is 62.4 Å². The van der Waals surface area contributed by atoms with Crippen LogP contribution in [-0.4, -0.2) is 48.5 Å². The average molecular weight is 493 g/mol. The van der Waals surface area contributed by atoms with Gasteiger partial charge >= 0.3 is 0 Å². The Morgan fingerprint density at radius 2 is 1.52 bits per heavy atom. The van der Waals surface area contributed by atoms with E-state index in [4.69, 9.17) is 4.74 Å². The molecular weight excluding hydrogens is 450 g/mol. The highest BCUT2D eigenvalue weighted by atomic mass is 79.9. The van der Waals surface area contributed by atoms with Gasteiger partial charge in [-0.05, 0) is 37.2 Å². The van der Waals surface area contributed by atoms with E-state index in [1.54, 1.807) is 0 Å². The zero-order valence-corrected chi connectivity index (χ0v) is 20.8. The first kappa shape index (κ1) is 23.7. The maximum absolute atomic E-state index is 11.9. The Kier molecular flexibility index (Phi) is 7.84. The normalized spacial score (nSPS) is 33.7. The number of quaternary nitrogens is 1. The molecule has 31 heavy (non-hydrogen) atoms. The van der Waals surface area contributed by atoms with Crippen molar-refractivity contribution in [3.63, 3.8) is 0 Å². The lowest BCUT2D eigenvalue weighted by Crippen LogP contribution is -3.00. The second-order valence-electron chi connectivity index (χ2n) is 11.1. The molecule has 1 aromatic rings. The topological polar surface area (TPSA) is 29.5 Å². The highest BCUT2D eigenvalue weighted by Gasteiger charge is 2.49. The van der Waals surface area contributed by atoms with Crippen LogP contribution in [0.25, 0.3) is 0 Å². The Labute approximate surface area is 199 Å². The van der Waals surface area contributed by atoms with E-state index in [1.807, 2.05) is 6.07 Å². The molecule has 3 aliphatic heterocycles. The van der Waals surface area contributed by atoms with E-state index in [0.717, 1.165) is 24.3 Å². The largest absolute Gasteiger partial charge is 1.00 e. The number of nitrogens with zero attached hydrogens (tertiary/aromatic N) is 1. The van der Waals surface area contributed by atoms with E-state index in [9.17, 15) is 5.11 Å². The number of ether oxygens (including phenoxy) is 1. The third kappa shape index (κ3) is 5.08. The van der Waals surface area contributed by atoms with Gasteiger partial charge in [-0.2, -0.15) is 0 Å². The van der Waals surface area contributed by atoms with Gasteiger partial charge in [0.25, 0.3) is 0 Å². The zero-order chi connectivity index (χ0) is 20.4. The van der Waals surface area contributed by atoms with Crippen LogP contribution in [0.1, 0.15) is 76.2 Å². The predicted octanol–water partition coefficient (Wildman–Crippen LogP) is 2.27. The third-order valence-electron chi connectivity index (χ3n) is 9.23. The Morgan fingerprint density at radius 1 is 0.871 bits per heavy atom. The minimum atomic E-state index is -0.821. The summed E-state index contributed by atoms with van der Waals surface area (Å²) in [6.07, 6.45) is 15.0. The summed E-state index contributed by atoms with van der Waals surface area (Å²) >= 11 is 0. The molecule has 2 aliphatic carbocycles. The van der Waals surface area contributed by atoms with Gasteiger partial charge in [-0.25, -0.2) is 0 Å². The molecule has 2 bridgehead atoms. The minimum Gasteiger partial charge on any atom is -1.00 e. The van der Waals surface area contributed by atoms with Crippen molar-refractivity contribution in [1.29, 1.82) is 0 Å². The van der Waals surface area contributed by atoms with Gasteiger partial charge in [-0.3, -0.25) is 0 Å². The molecule has 0 spiro atoms. The quantitative estimate of drug-likeness (QED) is 0.592. The SMILES string of the molecule is O[C@@](CO[C@H]1C[N+]2(CC3CCCCC3)CCC1CC2)(c1ccccc1)C1CCCC1.[Br-]. The number of piperidine rings is 3. The fraction of sp³-hybridized carbons (Fsp3) is 0.778. The molecule has 5 fully saturated rings. The molecule has 3 heterocycles. The molecule has 0 radical (unpaired) electrons. The summed E-state index contributed by atoms with van der Waals surface area (Å²) in [6, 6.07) is 10.4. The molecule has 3 saturated heterocycles. The Morgan fingerprint density at radius 3 is 2.19 bits per heavy atom. The van der Waals surface area contributed by atoms with Gasteiger partial charge in [-0.15, -0.1) is 0 Å². The van der Waals surface area contributed by atoms with Gasteiger partial charge in [0.15, 0.2) is 0 Å². The van der Waals surface area contributed by atoms with Crippen molar-refractivity contribution in [3.05, 3.63) is 35.9 Å². The first-order valence-electron chi connectivity index (χ1n) is 12.9. The molecule has 0 amide bonds. The zero-order valence-electron chi connectivity index (χ0n) is 19.2. The van der Waals surface area contributed by atoms with Crippen molar-refractivity contribution >= 4 is 0 Å². The van der Waals surface area contributed by atoms with Crippen LogP contribution in [0.2, 0.25) is 0 Å². The van der Waals surface area contributed by atoms with Crippen LogP contribution in [0.4, 0.5) is 0 Å². The van der Waals surface area contributed by atoms with Gasteiger partial charge < -0.3 is 31.3 Å². The highest BCUT2D eigenvalue weighted by Crippen LogP contribution is 2.43. The van der Waals surface area contributed by atoms with Gasteiger partial charge in [0.05, 0.1) is 26.2 Å². The maximum Gasteiger partial charge on any atom is 0.116 e. The fourth-order valence-electron chi connectivity index (χ4n) is 7.39. The van der Waals surface area contributed by atoms with Crippen LogP contribution >= 0.6 is 0 Å². The lowest BCUT2D eigenvalue weighted by atomic mass is 9.79. The number of hydrogen-bond acceptors (Lipinski definition) is 2. The van der Waals surface area contributed by atoms with E-state index in [-0.39, 0.29) is 17.0 Å². The van der Waals surface area contributed by atoms with Crippen LogP contribution in [0.3, 0.4) is 0 Å². The number of rotatable bonds is 7. The molecule has 0 aromatic heterocycles. The van der Waals surface area contributed by atoms with E-state index in [2.05, 4.69) is 24.3 Å². The standard InChI is InChI=1S/C27H42NO2.BrH/c29-27(25-13-7-8-14-25,24-11-5-2-6-12-24)21-30-26-20-28(17-15-23(26)16-18-28)19-22-9-3-1-4-10-22;/h2,5-6,11-12,22-23,25-26,29H,1,3-4,7-10,13-21H2;1H/q+1;/p-1/t23?,26-,27-,28?;/m0./s1. The summed E-state index contributed by atoms with van der Waals surface area (Å²) in [5.41, 5.74) is 0.238. The molecule has 1 N–H and O–H groups in total. The van der Waals surface area contributed by atoms with Crippen molar-refractivity contribution in [1.82, 2.24) is 0 Å². The summed E-state index contributed by atoms with van der Waals surface area (Å²) in [7, 11) is 0. The minimum absolute atomic E-state index is 0. The van der Waals surface area contributed by atoms with Crippen LogP contribution in [0.5, 0.6) is 0 Å². The highest BCUT2D eigenvalue weighted by molar-refractivity contribution is 5.24. The molecule has 2 saturated carbocycles. The predicted molar refractivity (Wildman–Crippen MR) is 121 cm³/mol. The second kappa shape index (κ2) is 10.2. The van der Waals surface area contributed by atoms with E-state index in [0.29, 0.717) is 24.5 Å². The van der Waals surface area contributed by atoms with Crippen molar-refractivity contribution in [3.8, 4) is 0 Å². The van der Waals surface area contributed by atoms with E-state index >= 15 is 0 Å². The van der Waals surface area contributed by atoms with E-state index < -0.39 is 5.60 Å². The van der Waals surface area contributed by atoms with Crippen LogP contribution in [0.15, 0.2) is 30.3 Å². The number of benzene rings is 1. The molecule has 6 rings (SSSR count). The molecule has 4 heteroatoms. The molecule has 3 nitrogen and oxygen atoms in total. The molecule has 2 atom stereocenters. The first-order valence-corrected chi connectivity index (χ1v) is 12.9. The molecule has 0 unspecified atom stereocenters. The lowest BCUT2D eigenvalue weighted by Gasteiger charge is -2.54. The number of aliphatic hydroxyl groups is 1. The number of hydrogen-bond donors (Lipinski definition) is 1. The smallest absolute Gasteiger partial charge is 0.116 e. The Bertz CT molecular complexity index is 678. The summed E-state index contributed by atoms with van der Waals surface area (Å²) in [5.74, 6) is 1.99. The first-order chi connectivity index (χ1) is 14.7. The molecule has 5 aliphatic rings. The second-order valence-corrected chi connectivity index (χ2v) is 11.1. The van der Waals surface area contributed by atoms with Crippen LogP contribution in [-0.2, 0) is 10.3 Å². The molecule has 174 valence electrons. The molecule has 1 aromatic carbocycles. The van der Waals surface area contributed by atoms with Gasteiger partial charge in [0.2, 0.25) is 0 Å². The van der Waals surface area contributed by atoms with Crippen molar-refractivity contribution in [2.75, 3.05) is 32.8 Å². The van der Waals surface area contributed by atoms with Crippen LogP contribution in [0, 0.1) is 17.8 Å². The Hall–Kier alpha value is -0.420. The number of halogens is 1. The summed E-state index contributed by atoms with van der Waals surface area (Å²) in [4.78, 5) is 0. The van der Waals surface area contributed by atoms with Gasteiger partial charge in [0, 0.05) is 24.7 Å². The van der Waals surface area contributed by atoms with E-state index in [1.165, 1.54) is 88.4 Å². The van der Waals surface area contributed by atoms with Crippen molar-refractivity contribution in [2.45, 2.75) is 82.3 Å². The van der Waals surface area contributed by atoms with Crippen molar-refractivity contribution in [2.24, 2.45) is 17.8 Å². The fourth-order valence-corrected chi connectivity index (χ4v) is 7.39. The molecular formula is C27H42BrNO2. The lowest BCUT2D eigenvalue weighted by molar-refractivity contribution is -0.949. The maximum atomic E-state index is 11.9. The summed E-state index contributed by atoms with van der Waals surface area (Å²) in [6.45, 7) is 5.79. The van der Waals surface area contributed by atoms with Gasteiger partial charge in [0.1, 0.15) is 18.2 Å². The number of fused-ring (bicyclic) bond motifs is 3. The van der Waals surface area contributed by atoms with Crippen molar-refractivity contribution < 1.29 is 31.3 Å². The summed E-state index contributed by atoms with van der Waals surface area (Å²) in [5, 5.41) is 11.9. The third-order valence-corrected chi connectivity index (χ3v) is 9.23. The monoisotopic (exact) mass is 491 g/mol. The summed E-state index contributed by atoms with van der Waals surface area (Å²) < 4.78 is 8.00. The Balaban J connectivity index is 0.00000231. The van der Waals surface area contributed by atoms with Crippen LogP contribution < -0.4 is 17.0 Å².